The molecule has 0 bridgehead atoms. The maximum atomic E-state index is 9.87. The summed E-state index contributed by atoms with van der Waals surface area (Å²) in [5, 5.41) is 26.5. The van der Waals surface area contributed by atoms with E-state index in [4.69, 9.17) is 20.0 Å². The van der Waals surface area contributed by atoms with Gasteiger partial charge in [-0.05, 0) is 6.92 Å². The number of ether oxygens (including phenoxy) is 2. The summed E-state index contributed by atoms with van der Waals surface area (Å²) in [7, 11) is 0. The third kappa shape index (κ3) is 1.40. The molecule has 3 N–H and O–H groups in total. The zero-order valence-corrected chi connectivity index (χ0v) is 9.20. The van der Waals surface area contributed by atoms with E-state index in [0.29, 0.717) is 5.56 Å². The fourth-order valence-electron chi connectivity index (χ4n) is 2.18. The van der Waals surface area contributed by atoms with Crippen molar-refractivity contribution in [2.24, 2.45) is 0 Å². The van der Waals surface area contributed by atoms with Crippen molar-refractivity contribution >= 4 is 0 Å². The summed E-state index contributed by atoms with van der Waals surface area (Å²) in [5.74, 6) is 0. The molecule has 1 fully saturated rings. The SMILES string of the molecule is Cc1cn2c(nc1=N)O[C@@H]1[C@H](O)[C@H](CO)O[C@@H]12. The molecule has 0 amide bonds. The zero-order chi connectivity index (χ0) is 12.2. The van der Waals surface area contributed by atoms with Crippen LogP contribution in [0.4, 0.5) is 0 Å². The molecule has 1 aromatic rings. The summed E-state index contributed by atoms with van der Waals surface area (Å²) in [6.07, 6.45) is -0.866. The molecule has 0 aromatic carbocycles. The molecule has 92 valence electrons. The monoisotopic (exact) mass is 239 g/mol. The number of hydrogen-bond donors (Lipinski definition) is 3. The van der Waals surface area contributed by atoms with Gasteiger partial charge in [-0.15, -0.1) is 0 Å². The van der Waals surface area contributed by atoms with Crippen LogP contribution in [0, 0.1) is 12.3 Å². The van der Waals surface area contributed by atoms with Crippen LogP contribution in [0.1, 0.15) is 11.8 Å². The number of nitrogens with one attached hydrogen (secondary N) is 1. The summed E-state index contributed by atoms with van der Waals surface area (Å²) in [5.41, 5.74) is 0.841. The number of nitrogens with zero attached hydrogens (tertiary/aromatic N) is 2. The first-order valence-electron chi connectivity index (χ1n) is 5.37. The number of aliphatic hydroxyl groups excluding tert-OH is 2. The average Bonchev–Trinajstić information content (AvgIpc) is 2.78. The predicted molar refractivity (Wildman–Crippen MR) is 54.2 cm³/mol. The van der Waals surface area contributed by atoms with Gasteiger partial charge in [0.05, 0.1) is 6.61 Å². The minimum Gasteiger partial charge on any atom is -0.454 e. The van der Waals surface area contributed by atoms with Crippen LogP contribution in [-0.4, -0.2) is 44.7 Å². The highest BCUT2D eigenvalue weighted by molar-refractivity contribution is 5.14. The van der Waals surface area contributed by atoms with E-state index in [1.807, 2.05) is 0 Å². The fraction of sp³-hybridized carbons (Fsp3) is 0.600. The zero-order valence-electron chi connectivity index (χ0n) is 9.20. The predicted octanol–water partition coefficient (Wildman–Crippen LogP) is -1.32. The van der Waals surface area contributed by atoms with Crippen molar-refractivity contribution in [3.8, 4) is 6.01 Å². The Balaban J connectivity index is 2.02. The lowest BCUT2D eigenvalue weighted by atomic mass is 10.1. The second-order valence-corrected chi connectivity index (χ2v) is 4.28. The van der Waals surface area contributed by atoms with Crippen molar-refractivity contribution in [2.45, 2.75) is 31.5 Å². The molecule has 7 nitrogen and oxygen atoms in total. The lowest BCUT2D eigenvalue weighted by Gasteiger charge is -2.14. The lowest BCUT2D eigenvalue weighted by molar-refractivity contribution is -0.0435. The Kier molecular flexibility index (Phi) is 2.22. The van der Waals surface area contributed by atoms with Gasteiger partial charge in [-0.3, -0.25) is 9.98 Å². The van der Waals surface area contributed by atoms with Crippen LogP contribution in [0.3, 0.4) is 0 Å². The van der Waals surface area contributed by atoms with Gasteiger partial charge in [-0.1, -0.05) is 0 Å². The van der Waals surface area contributed by atoms with Crippen LogP contribution in [0.5, 0.6) is 6.01 Å². The van der Waals surface area contributed by atoms with Gasteiger partial charge in [0.1, 0.15) is 12.2 Å². The van der Waals surface area contributed by atoms with Crippen molar-refractivity contribution in [3.05, 3.63) is 17.2 Å². The maximum Gasteiger partial charge on any atom is 0.301 e. The molecule has 0 aliphatic carbocycles. The molecule has 1 saturated heterocycles. The topological polar surface area (TPSA) is 101 Å². The number of aromatic nitrogens is 2. The van der Waals surface area contributed by atoms with Crippen molar-refractivity contribution in [3.63, 3.8) is 0 Å². The maximum absolute atomic E-state index is 9.87. The molecule has 3 rings (SSSR count). The summed E-state index contributed by atoms with van der Waals surface area (Å²) >= 11 is 0. The minimum absolute atomic E-state index is 0.143. The van der Waals surface area contributed by atoms with Crippen molar-refractivity contribution in [1.29, 1.82) is 5.41 Å². The third-order valence-corrected chi connectivity index (χ3v) is 3.14. The summed E-state index contributed by atoms with van der Waals surface area (Å²) in [6.45, 7) is 1.52. The van der Waals surface area contributed by atoms with Crippen LogP contribution >= 0.6 is 0 Å². The molecule has 0 spiro atoms. The Bertz CT molecular complexity index is 515. The first-order chi connectivity index (χ1) is 8.11. The molecule has 0 saturated carbocycles. The highest BCUT2D eigenvalue weighted by Crippen LogP contribution is 2.38. The standard InChI is InChI=1S/C10H13N3O4/c1-4-2-13-9-7(6(15)5(3-14)16-9)17-10(13)12-8(4)11/h2,5-7,9,11,14-15H,3H2,1H3/t5-,6+,7+,9-/m0/s1. The van der Waals surface area contributed by atoms with Crippen LogP contribution in [0.15, 0.2) is 6.20 Å². The van der Waals surface area contributed by atoms with Crippen molar-refractivity contribution in [1.82, 2.24) is 9.55 Å². The molecule has 2 aliphatic heterocycles. The summed E-state index contributed by atoms with van der Waals surface area (Å²) < 4.78 is 12.6. The largest absolute Gasteiger partial charge is 0.454 e. The van der Waals surface area contributed by atoms with Gasteiger partial charge in [0.15, 0.2) is 17.8 Å². The van der Waals surface area contributed by atoms with E-state index in [1.54, 1.807) is 17.7 Å². The molecular weight excluding hydrogens is 226 g/mol. The van der Waals surface area contributed by atoms with Crippen LogP contribution < -0.4 is 10.2 Å². The highest BCUT2D eigenvalue weighted by atomic mass is 16.6. The molecule has 2 aliphatic rings. The second kappa shape index (κ2) is 3.52. The van der Waals surface area contributed by atoms with Crippen molar-refractivity contribution in [2.75, 3.05) is 6.61 Å². The minimum atomic E-state index is -0.888. The average molecular weight is 239 g/mol. The number of aryl methyl sites for hydroxylation is 1. The van der Waals surface area contributed by atoms with Crippen LogP contribution in [0.25, 0.3) is 0 Å². The van der Waals surface area contributed by atoms with Crippen LogP contribution in [-0.2, 0) is 4.74 Å². The Morgan fingerprint density at radius 3 is 3.06 bits per heavy atom. The van der Waals surface area contributed by atoms with E-state index in [9.17, 15) is 5.11 Å². The van der Waals surface area contributed by atoms with E-state index in [1.165, 1.54) is 0 Å². The Morgan fingerprint density at radius 2 is 2.35 bits per heavy atom. The van der Waals surface area contributed by atoms with Gasteiger partial charge >= 0.3 is 6.01 Å². The van der Waals surface area contributed by atoms with E-state index in [2.05, 4.69) is 4.98 Å². The van der Waals surface area contributed by atoms with Gasteiger partial charge in [-0.25, -0.2) is 0 Å². The number of fused-ring (bicyclic) bond motifs is 3. The number of hydrogen-bond acceptors (Lipinski definition) is 6. The van der Waals surface area contributed by atoms with E-state index in [-0.39, 0.29) is 18.1 Å². The van der Waals surface area contributed by atoms with Crippen molar-refractivity contribution < 1.29 is 19.7 Å². The molecule has 17 heavy (non-hydrogen) atoms. The summed E-state index contributed by atoms with van der Waals surface area (Å²) in [6, 6.07) is 0.269. The van der Waals surface area contributed by atoms with Gasteiger partial charge in [0, 0.05) is 11.8 Å². The molecule has 0 radical (unpaired) electrons. The Morgan fingerprint density at radius 1 is 1.59 bits per heavy atom. The van der Waals surface area contributed by atoms with E-state index < -0.39 is 24.5 Å². The highest BCUT2D eigenvalue weighted by Gasteiger charge is 2.50. The van der Waals surface area contributed by atoms with E-state index in [0.717, 1.165) is 0 Å². The number of aliphatic hydroxyl groups is 2. The van der Waals surface area contributed by atoms with Crippen LogP contribution in [0.2, 0.25) is 0 Å². The van der Waals surface area contributed by atoms with E-state index >= 15 is 0 Å². The van der Waals surface area contributed by atoms with Gasteiger partial charge in [0.2, 0.25) is 0 Å². The molecule has 3 heterocycles. The molecule has 1 aromatic heterocycles. The number of rotatable bonds is 1. The molecular formula is C10H13N3O4. The molecule has 7 heteroatoms. The van der Waals surface area contributed by atoms with Gasteiger partial charge < -0.3 is 19.7 Å². The molecule has 0 unspecified atom stereocenters. The Hall–Kier alpha value is -1.44. The summed E-state index contributed by atoms with van der Waals surface area (Å²) in [4.78, 5) is 3.97. The quantitative estimate of drug-likeness (QED) is 0.564. The first-order valence-corrected chi connectivity index (χ1v) is 5.37. The third-order valence-electron chi connectivity index (χ3n) is 3.14. The fourth-order valence-corrected chi connectivity index (χ4v) is 2.18. The lowest BCUT2D eigenvalue weighted by Crippen LogP contribution is -2.34. The first kappa shape index (κ1) is 10.7. The van der Waals surface area contributed by atoms with Gasteiger partial charge in [0.25, 0.3) is 0 Å². The smallest absolute Gasteiger partial charge is 0.301 e. The van der Waals surface area contributed by atoms with Gasteiger partial charge in [-0.2, -0.15) is 4.98 Å². The molecule has 4 atom stereocenters. The normalized spacial score (nSPS) is 34.3. The Labute approximate surface area is 96.8 Å². The second-order valence-electron chi connectivity index (χ2n) is 4.28.